The van der Waals surface area contributed by atoms with Gasteiger partial charge in [-0.05, 0) is 39.1 Å². The molecule has 1 aliphatic rings. The molecule has 6 heteroatoms. The fourth-order valence-electron chi connectivity index (χ4n) is 2.49. The number of hydrogen-bond acceptors (Lipinski definition) is 5. The highest BCUT2D eigenvalue weighted by Crippen LogP contribution is 2.17. The minimum absolute atomic E-state index is 0.0414. The first kappa shape index (κ1) is 17.0. The van der Waals surface area contributed by atoms with Crippen LogP contribution in [0.4, 0.5) is 4.79 Å². The number of carbonyl (C=O) groups is 2. The molecule has 22 heavy (non-hydrogen) atoms. The second-order valence-electron chi connectivity index (χ2n) is 6.66. The summed E-state index contributed by atoms with van der Waals surface area (Å²) in [5.41, 5.74) is -0.483. The number of hydrogen-bond donors (Lipinski definition) is 0. The summed E-state index contributed by atoms with van der Waals surface area (Å²) in [5.74, 6) is 0.146. The smallest absolute Gasteiger partial charge is 0.410 e. The molecule has 1 atom stereocenters. The van der Waals surface area contributed by atoms with Crippen LogP contribution in [0.3, 0.4) is 0 Å². The minimum atomic E-state index is -0.483. The van der Waals surface area contributed by atoms with E-state index in [4.69, 9.17) is 4.74 Å². The zero-order valence-electron chi connectivity index (χ0n) is 13.7. The fraction of sp³-hybridized carbons (Fsp3) is 0.625. The Kier molecular flexibility index (Phi) is 5.24. The molecule has 2 heterocycles. The number of ketones is 1. The molecule has 1 saturated heterocycles. The van der Waals surface area contributed by atoms with E-state index < -0.39 is 5.60 Å². The van der Waals surface area contributed by atoms with Crippen molar-refractivity contribution in [2.45, 2.75) is 39.3 Å². The molecule has 1 fully saturated rings. The lowest BCUT2D eigenvalue weighted by atomic mass is 10.1. The van der Waals surface area contributed by atoms with E-state index in [1.165, 1.54) is 11.3 Å². The summed E-state index contributed by atoms with van der Waals surface area (Å²) in [5, 5.41) is 1.91. The topological polar surface area (TPSA) is 49.9 Å². The Balaban J connectivity index is 1.87. The average Bonchev–Trinajstić information content (AvgIpc) is 2.90. The summed E-state index contributed by atoms with van der Waals surface area (Å²) < 4.78 is 5.43. The molecular weight excluding hydrogens is 300 g/mol. The standard InChI is InChI=1S/C16H24N2O3S/c1-12-10-17(11-13(19)14-6-5-9-22-14)7-8-18(12)15(20)21-16(2,3)4/h5-6,9,12H,7-8,10-11H2,1-4H3/t12-/m0/s1. The Bertz CT molecular complexity index is 522. The second kappa shape index (κ2) is 6.79. The second-order valence-corrected chi connectivity index (χ2v) is 7.61. The number of rotatable bonds is 3. The molecule has 0 spiro atoms. The normalized spacial score (nSPS) is 20.0. The van der Waals surface area contributed by atoms with Crippen LogP contribution in [0.2, 0.25) is 0 Å². The van der Waals surface area contributed by atoms with Crippen molar-refractivity contribution in [3.05, 3.63) is 22.4 Å². The highest BCUT2D eigenvalue weighted by atomic mass is 32.1. The number of piperazine rings is 1. The summed E-state index contributed by atoms with van der Waals surface area (Å²) in [6.07, 6.45) is -0.274. The first-order valence-corrected chi connectivity index (χ1v) is 8.43. The van der Waals surface area contributed by atoms with Crippen molar-refractivity contribution in [3.8, 4) is 0 Å². The number of Topliss-reactive ketones (excluding diaryl/α,β-unsaturated/α-hetero) is 1. The van der Waals surface area contributed by atoms with Gasteiger partial charge in [-0.1, -0.05) is 6.07 Å². The van der Waals surface area contributed by atoms with E-state index in [9.17, 15) is 9.59 Å². The Hall–Kier alpha value is -1.40. The first-order chi connectivity index (χ1) is 10.3. The molecular formula is C16H24N2O3S. The van der Waals surface area contributed by atoms with Crippen LogP contribution < -0.4 is 0 Å². The van der Waals surface area contributed by atoms with E-state index in [0.717, 1.165) is 4.88 Å². The first-order valence-electron chi connectivity index (χ1n) is 7.55. The third-order valence-corrected chi connectivity index (χ3v) is 4.41. The Morgan fingerprint density at radius 3 is 2.64 bits per heavy atom. The molecule has 0 aliphatic carbocycles. The summed E-state index contributed by atoms with van der Waals surface area (Å²) >= 11 is 1.47. The van der Waals surface area contributed by atoms with Crippen LogP contribution in [0, 0.1) is 0 Å². The molecule has 0 radical (unpaired) electrons. The molecule has 2 rings (SSSR count). The molecule has 0 N–H and O–H groups in total. The molecule has 1 aliphatic heterocycles. The molecule has 1 aromatic rings. The largest absolute Gasteiger partial charge is 0.444 e. The van der Waals surface area contributed by atoms with Gasteiger partial charge in [-0.3, -0.25) is 9.69 Å². The summed E-state index contributed by atoms with van der Waals surface area (Å²) in [6.45, 7) is 9.98. The van der Waals surface area contributed by atoms with Gasteiger partial charge < -0.3 is 9.64 Å². The lowest BCUT2D eigenvalue weighted by Crippen LogP contribution is -2.55. The zero-order chi connectivity index (χ0) is 16.3. The van der Waals surface area contributed by atoms with Crippen molar-refractivity contribution in [2.75, 3.05) is 26.2 Å². The summed E-state index contributed by atoms with van der Waals surface area (Å²) in [6, 6.07) is 3.79. The Labute approximate surface area is 135 Å². The van der Waals surface area contributed by atoms with Gasteiger partial charge in [-0.15, -0.1) is 11.3 Å². The molecule has 0 unspecified atom stereocenters. The number of amides is 1. The van der Waals surface area contributed by atoms with Crippen molar-refractivity contribution < 1.29 is 14.3 Å². The van der Waals surface area contributed by atoms with Crippen LogP contribution in [0.5, 0.6) is 0 Å². The molecule has 0 aromatic carbocycles. The van der Waals surface area contributed by atoms with Gasteiger partial charge in [0.1, 0.15) is 5.60 Å². The van der Waals surface area contributed by atoms with E-state index >= 15 is 0 Å². The van der Waals surface area contributed by atoms with Crippen LogP contribution >= 0.6 is 11.3 Å². The fourth-order valence-corrected chi connectivity index (χ4v) is 3.14. The van der Waals surface area contributed by atoms with E-state index in [1.54, 1.807) is 4.90 Å². The predicted molar refractivity (Wildman–Crippen MR) is 87.5 cm³/mol. The van der Waals surface area contributed by atoms with Gasteiger partial charge in [0.15, 0.2) is 5.78 Å². The van der Waals surface area contributed by atoms with Gasteiger partial charge in [-0.2, -0.15) is 0 Å². The van der Waals surface area contributed by atoms with Gasteiger partial charge in [-0.25, -0.2) is 4.79 Å². The van der Waals surface area contributed by atoms with Crippen molar-refractivity contribution in [1.82, 2.24) is 9.80 Å². The van der Waals surface area contributed by atoms with Gasteiger partial charge in [0.2, 0.25) is 0 Å². The predicted octanol–water partition coefficient (Wildman–Crippen LogP) is 2.87. The Morgan fingerprint density at radius 1 is 1.36 bits per heavy atom. The van der Waals surface area contributed by atoms with Crippen LogP contribution in [-0.2, 0) is 4.74 Å². The molecule has 122 valence electrons. The van der Waals surface area contributed by atoms with E-state index in [0.29, 0.717) is 26.2 Å². The highest BCUT2D eigenvalue weighted by Gasteiger charge is 2.31. The molecule has 0 saturated carbocycles. The summed E-state index contributed by atoms with van der Waals surface area (Å²) in [4.78, 5) is 29.0. The minimum Gasteiger partial charge on any atom is -0.444 e. The van der Waals surface area contributed by atoms with E-state index in [-0.39, 0.29) is 17.9 Å². The maximum absolute atomic E-state index is 12.2. The van der Waals surface area contributed by atoms with Gasteiger partial charge in [0.25, 0.3) is 0 Å². The third-order valence-electron chi connectivity index (χ3n) is 3.50. The van der Waals surface area contributed by atoms with Crippen LogP contribution in [0.1, 0.15) is 37.4 Å². The third kappa shape index (κ3) is 4.55. The highest BCUT2D eigenvalue weighted by molar-refractivity contribution is 7.12. The van der Waals surface area contributed by atoms with Crippen LogP contribution in [-0.4, -0.2) is 59.5 Å². The van der Waals surface area contributed by atoms with Crippen molar-refractivity contribution in [2.24, 2.45) is 0 Å². The summed E-state index contributed by atoms with van der Waals surface area (Å²) in [7, 11) is 0. The van der Waals surface area contributed by atoms with Crippen LogP contribution in [0.15, 0.2) is 17.5 Å². The maximum Gasteiger partial charge on any atom is 0.410 e. The van der Waals surface area contributed by atoms with Gasteiger partial charge >= 0.3 is 6.09 Å². The van der Waals surface area contributed by atoms with Crippen LogP contribution in [0.25, 0.3) is 0 Å². The van der Waals surface area contributed by atoms with Gasteiger partial charge in [0, 0.05) is 25.7 Å². The SMILES string of the molecule is C[C@H]1CN(CC(=O)c2cccs2)CCN1C(=O)OC(C)(C)C. The maximum atomic E-state index is 12.2. The molecule has 0 bridgehead atoms. The molecule has 1 amide bonds. The number of carbonyl (C=O) groups excluding carboxylic acids is 2. The average molecular weight is 324 g/mol. The number of nitrogens with zero attached hydrogens (tertiary/aromatic N) is 2. The number of thiophene rings is 1. The molecule has 5 nitrogen and oxygen atoms in total. The zero-order valence-corrected chi connectivity index (χ0v) is 14.5. The lowest BCUT2D eigenvalue weighted by molar-refractivity contribution is 0.00222. The Morgan fingerprint density at radius 2 is 2.09 bits per heavy atom. The van der Waals surface area contributed by atoms with E-state index in [1.807, 2.05) is 45.2 Å². The van der Waals surface area contributed by atoms with Crippen molar-refractivity contribution in [3.63, 3.8) is 0 Å². The van der Waals surface area contributed by atoms with Crippen molar-refractivity contribution >= 4 is 23.2 Å². The van der Waals surface area contributed by atoms with Crippen molar-refractivity contribution in [1.29, 1.82) is 0 Å². The molecule has 1 aromatic heterocycles. The monoisotopic (exact) mass is 324 g/mol. The lowest BCUT2D eigenvalue weighted by Gasteiger charge is -2.39. The quantitative estimate of drug-likeness (QED) is 0.802. The number of ether oxygens (including phenoxy) is 1. The van der Waals surface area contributed by atoms with E-state index in [2.05, 4.69) is 4.90 Å². The van der Waals surface area contributed by atoms with Gasteiger partial charge in [0.05, 0.1) is 11.4 Å².